The average molecular weight is 428 g/mol. The molecule has 1 amide bonds. The lowest BCUT2D eigenvalue weighted by molar-refractivity contribution is -0.140. The fourth-order valence-electron chi connectivity index (χ4n) is 3.97. The first-order valence-electron chi connectivity index (χ1n) is 9.80. The molecule has 2 aromatic rings. The van der Waals surface area contributed by atoms with E-state index in [2.05, 4.69) is 0 Å². The second-order valence-electron chi connectivity index (χ2n) is 7.31. The van der Waals surface area contributed by atoms with E-state index < -0.39 is 17.7 Å². The van der Waals surface area contributed by atoms with Crippen LogP contribution < -0.4 is 4.74 Å². The Morgan fingerprint density at radius 3 is 2.73 bits per heavy atom. The van der Waals surface area contributed by atoms with Crippen molar-refractivity contribution in [2.75, 3.05) is 26.9 Å². The normalized spacial score (nSPS) is 19.8. The van der Waals surface area contributed by atoms with E-state index in [1.807, 2.05) is 6.07 Å². The molecule has 1 unspecified atom stereocenters. The first kappa shape index (κ1) is 20.4. The van der Waals surface area contributed by atoms with Crippen molar-refractivity contribution >= 4 is 29.1 Å². The summed E-state index contributed by atoms with van der Waals surface area (Å²) < 4.78 is 10.6. The molecule has 0 saturated carbocycles. The van der Waals surface area contributed by atoms with Gasteiger partial charge in [-0.1, -0.05) is 23.7 Å². The molecule has 0 spiro atoms. The first-order valence-corrected chi connectivity index (χ1v) is 10.2. The lowest BCUT2D eigenvalue weighted by Gasteiger charge is -2.25. The van der Waals surface area contributed by atoms with Gasteiger partial charge in [-0.25, -0.2) is 0 Å². The molecule has 6 nitrogen and oxygen atoms in total. The average Bonchev–Trinajstić information content (AvgIpc) is 3.31. The highest BCUT2D eigenvalue weighted by molar-refractivity contribution is 6.46. The Hall–Kier alpha value is -2.83. The summed E-state index contributed by atoms with van der Waals surface area (Å²) in [6, 6.07) is 11.6. The van der Waals surface area contributed by atoms with E-state index in [9.17, 15) is 14.7 Å². The van der Waals surface area contributed by atoms with Crippen molar-refractivity contribution in [1.82, 2.24) is 4.90 Å². The summed E-state index contributed by atoms with van der Waals surface area (Å²) >= 11 is 6.03. The summed E-state index contributed by atoms with van der Waals surface area (Å²) in [6.07, 6.45) is 1.31. The number of carbonyl (C=O) groups excluding carboxylic acids is 2. The zero-order chi connectivity index (χ0) is 21.3. The Morgan fingerprint density at radius 1 is 1.23 bits per heavy atom. The van der Waals surface area contributed by atoms with Gasteiger partial charge in [-0.15, -0.1) is 0 Å². The number of Topliss-reactive ketones (excluding diaryl/α,β-unsaturated/α-hetero) is 1. The molecule has 0 aromatic heterocycles. The number of amides is 1. The van der Waals surface area contributed by atoms with Crippen LogP contribution in [-0.2, 0) is 20.7 Å². The molecule has 30 heavy (non-hydrogen) atoms. The second-order valence-corrected chi connectivity index (χ2v) is 7.75. The standard InChI is InChI=1S/C23H22ClNO5/c1-29-11-2-10-25-20(14-3-6-17(24)7-4-14)19(22(27)23(25)28)21(26)16-5-8-18-15(13-16)9-12-30-18/h3-8,13,20,26H,2,9-12H2,1H3/b21-19-. The molecule has 2 aromatic carbocycles. The van der Waals surface area contributed by atoms with Crippen molar-refractivity contribution in [3.8, 4) is 5.75 Å². The van der Waals surface area contributed by atoms with Gasteiger partial charge in [0.15, 0.2) is 0 Å². The molecule has 2 aliphatic rings. The molecule has 1 saturated heterocycles. The van der Waals surface area contributed by atoms with Gasteiger partial charge in [-0.2, -0.15) is 0 Å². The molecule has 0 aliphatic carbocycles. The van der Waals surface area contributed by atoms with Crippen molar-refractivity contribution < 1.29 is 24.2 Å². The highest BCUT2D eigenvalue weighted by Gasteiger charge is 2.45. The van der Waals surface area contributed by atoms with E-state index in [1.54, 1.807) is 43.5 Å². The van der Waals surface area contributed by atoms with E-state index in [4.69, 9.17) is 21.1 Å². The number of aliphatic hydroxyl groups excluding tert-OH is 1. The topological polar surface area (TPSA) is 76.1 Å². The highest BCUT2D eigenvalue weighted by Crippen LogP contribution is 2.40. The summed E-state index contributed by atoms with van der Waals surface area (Å²) in [7, 11) is 1.59. The van der Waals surface area contributed by atoms with Crippen LogP contribution in [0.5, 0.6) is 5.75 Å². The maximum atomic E-state index is 13.0. The molecule has 2 heterocycles. The maximum Gasteiger partial charge on any atom is 0.295 e. The predicted molar refractivity (Wildman–Crippen MR) is 113 cm³/mol. The zero-order valence-corrected chi connectivity index (χ0v) is 17.3. The van der Waals surface area contributed by atoms with Crippen LogP contribution in [0.15, 0.2) is 48.0 Å². The Bertz CT molecular complexity index is 1010. The fraction of sp³-hybridized carbons (Fsp3) is 0.304. The number of nitrogens with zero attached hydrogens (tertiary/aromatic N) is 1. The third-order valence-corrected chi connectivity index (χ3v) is 5.69. The Morgan fingerprint density at radius 2 is 2.00 bits per heavy atom. The molecule has 1 fully saturated rings. The van der Waals surface area contributed by atoms with Gasteiger partial charge < -0.3 is 19.5 Å². The number of rotatable bonds is 6. The molecule has 1 atom stereocenters. The van der Waals surface area contributed by atoms with Crippen molar-refractivity contribution in [3.63, 3.8) is 0 Å². The molecule has 0 radical (unpaired) electrons. The number of carbonyl (C=O) groups is 2. The quantitative estimate of drug-likeness (QED) is 0.329. The van der Waals surface area contributed by atoms with Gasteiger partial charge in [0.2, 0.25) is 0 Å². The van der Waals surface area contributed by atoms with Crippen LogP contribution in [0.2, 0.25) is 5.02 Å². The summed E-state index contributed by atoms with van der Waals surface area (Å²) in [4.78, 5) is 27.3. The lowest BCUT2D eigenvalue weighted by Crippen LogP contribution is -2.31. The first-order chi connectivity index (χ1) is 14.5. The van der Waals surface area contributed by atoms with Gasteiger partial charge in [0.1, 0.15) is 11.5 Å². The summed E-state index contributed by atoms with van der Waals surface area (Å²) in [5.74, 6) is -0.725. The van der Waals surface area contributed by atoms with Crippen LogP contribution in [0.1, 0.15) is 29.2 Å². The number of ether oxygens (including phenoxy) is 2. The van der Waals surface area contributed by atoms with Gasteiger partial charge in [-0.05, 0) is 47.9 Å². The predicted octanol–water partition coefficient (Wildman–Crippen LogP) is 3.73. The smallest absolute Gasteiger partial charge is 0.295 e. The minimum Gasteiger partial charge on any atom is -0.507 e. The summed E-state index contributed by atoms with van der Waals surface area (Å²) in [5.41, 5.74) is 2.25. The molecule has 1 N–H and O–H groups in total. The van der Waals surface area contributed by atoms with Crippen LogP contribution in [0.4, 0.5) is 0 Å². The third-order valence-electron chi connectivity index (χ3n) is 5.44. The molecular weight excluding hydrogens is 406 g/mol. The highest BCUT2D eigenvalue weighted by atomic mass is 35.5. The van der Waals surface area contributed by atoms with E-state index in [-0.39, 0.29) is 11.3 Å². The molecular formula is C23H22ClNO5. The fourth-order valence-corrected chi connectivity index (χ4v) is 4.10. The number of hydrogen-bond acceptors (Lipinski definition) is 5. The molecule has 7 heteroatoms. The van der Waals surface area contributed by atoms with Crippen molar-refractivity contribution in [2.24, 2.45) is 0 Å². The summed E-state index contributed by atoms with van der Waals surface area (Å²) in [6.45, 7) is 1.38. The largest absolute Gasteiger partial charge is 0.507 e. The van der Waals surface area contributed by atoms with Crippen LogP contribution >= 0.6 is 11.6 Å². The minimum absolute atomic E-state index is 0.0820. The van der Waals surface area contributed by atoms with Crippen LogP contribution in [0.3, 0.4) is 0 Å². The molecule has 4 rings (SSSR count). The Labute approximate surface area is 179 Å². The van der Waals surface area contributed by atoms with Gasteiger partial charge >= 0.3 is 0 Å². The number of ketones is 1. The Balaban J connectivity index is 1.80. The molecule has 0 bridgehead atoms. The summed E-state index contributed by atoms with van der Waals surface area (Å²) in [5, 5.41) is 11.7. The number of halogens is 1. The van der Waals surface area contributed by atoms with E-state index in [0.717, 1.165) is 17.7 Å². The number of hydrogen-bond donors (Lipinski definition) is 1. The minimum atomic E-state index is -0.693. The van der Waals surface area contributed by atoms with Gasteiger partial charge in [0.25, 0.3) is 11.7 Å². The molecule has 156 valence electrons. The number of benzene rings is 2. The van der Waals surface area contributed by atoms with E-state index in [0.29, 0.717) is 42.3 Å². The van der Waals surface area contributed by atoms with E-state index >= 15 is 0 Å². The number of fused-ring (bicyclic) bond motifs is 1. The van der Waals surface area contributed by atoms with Crippen LogP contribution in [-0.4, -0.2) is 48.6 Å². The number of methoxy groups -OCH3 is 1. The molecule has 2 aliphatic heterocycles. The van der Waals surface area contributed by atoms with Gasteiger partial charge in [0, 0.05) is 37.3 Å². The lowest BCUT2D eigenvalue weighted by atomic mass is 9.94. The van der Waals surface area contributed by atoms with Gasteiger partial charge in [0.05, 0.1) is 18.2 Å². The number of aliphatic hydroxyl groups is 1. The number of likely N-dealkylation sites (tertiary alicyclic amines) is 1. The van der Waals surface area contributed by atoms with Crippen molar-refractivity contribution in [2.45, 2.75) is 18.9 Å². The van der Waals surface area contributed by atoms with Crippen LogP contribution in [0.25, 0.3) is 5.76 Å². The van der Waals surface area contributed by atoms with Crippen molar-refractivity contribution in [3.05, 3.63) is 69.8 Å². The third kappa shape index (κ3) is 3.68. The second kappa shape index (κ2) is 8.50. The van der Waals surface area contributed by atoms with E-state index in [1.165, 1.54) is 4.90 Å². The Kier molecular flexibility index (Phi) is 5.79. The van der Waals surface area contributed by atoms with Crippen LogP contribution in [0, 0.1) is 0 Å². The SMILES string of the molecule is COCCCN1C(=O)C(=O)/C(=C(\O)c2ccc3c(c2)CCO3)C1c1ccc(Cl)cc1. The van der Waals surface area contributed by atoms with Crippen molar-refractivity contribution in [1.29, 1.82) is 0 Å². The maximum absolute atomic E-state index is 13.0. The van der Waals surface area contributed by atoms with Gasteiger partial charge in [-0.3, -0.25) is 9.59 Å². The monoisotopic (exact) mass is 427 g/mol. The zero-order valence-electron chi connectivity index (χ0n) is 16.6.